The molecule has 0 aliphatic carbocycles. The summed E-state index contributed by atoms with van der Waals surface area (Å²) in [6.45, 7) is 2.58. The summed E-state index contributed by atoms with van der Waals surface area (Å²) in [6, 6.07) is 12.1. The molecular formula is C25H25NO6. The summed E-state index contributed by atoms with van der Waals surface area (Å²) >= 11 is 0. The molecule has 0 saturated heterocycles. The number of ether oxygens (including phenoxy) is 1. The first-order valence-electron chi connectivity index (χ1n) is 10.8. The number of phenols is 1. The highest BCUT2D eigenvalue weighted by Crippen LogP contribution is 2.34. The van der Waals surface area contributed by atoms with Crippen molar-refractivity contribution in [3.8, 4) is 5.75 Å². The van der Waals surface area contributed by atoms with Crippen LogP contribution in [0, 0.1) is 0 Å². The maximum atomic E-state index is 13.5. The Morgan fingerprint density at radius 2 is 2.00 bits per heavy atom. The second kappa shape index (κ2) is 9.26. The summed E-state index contributed by atoms with van der Waals surface area (Å²) in [5, 5.41) is 11.1. The van der Waals surface area contributed by atoms with Gasteiger partial charge in [-0.3, -0.25) is 9.59 Å². The second-order valence-corrected chi connectivity index (χ2v) is 7.77. The Morgan fingerprint density at radius 3 is 2.81 bits per heavy atom. The molecule has 3 aromatic rings. The van der Waals surface area contributed by atoms with Crippen molar-refractivity contribution in [3.63, 3.8) is 0 Å². The van der Waals surface area contributed by atoms with E-state index in [2.05, 4.69) is 0 Å². The molecule has 1 N–H and O–H groups in total. The molecule has 0 atom stereocenters. The zero-order valence-electron chi connectivity index (χ0n) is 17.9. The molecule has 4 rings (SSSR count). The van der Waals surface area contributed by atoms with Gasteiger partial charge in [0.25, 0.3) is 5.91 Å². The highest BCUT2D eigenvalue weighted by molar-refractivity contribution is 6.15. The van der Waals surface area contributed by atoms with E-state index in [1.807, 2.05) is 24.3 Å². The molecule has 7 heteroatoms. The summed E-state index contributed by atoms with van der Waals surface area (Å²) in [4.78, 5) is 39.1. The Labute approximate surface area is 185 Å². The van der Waals surface area contributed by atoms with Gasteiger partial charge >= 0.3 is 11.6 Å². The monoisotopic (exact) mass is 435 g/mol. The van der Waals surface area contributed by atoms with Crippen LogP contribution in [0.2, 0.25) is 0 Å². The average molecular weight is 435 g/mol. The van der Waals surface area contributed by atoms with Gasteiger partial charge in [0.15, 0.2) is 5.58 Å². The second-order valence-electron chi connectivity index (χ2n) is 7.77. The zero-order valence-corrected chi connectivity index (χ0v) is 17.9. The number of para-hydroxylation sites is 1. The average Bonchev–Trinajstić information content (AvgIpc) is 2.78. The van der Waals surface area contributed by atoms with Crippen LogP contribution in [0.3, 0.4) is 0 Å². The lowest BCUT2D eigenvalue weighted by Gasteiger charge is -2.29. The molecule has 0 bridgehead atoms. The summed E-state index contributed by atoms with van der Waals surface area (Å²) in [6.07, 6.45) is 2.83. The Morgan fingerprint density at radius 1 is 1.19 bits per heavy atom. The first-order chi connectivity index (χ1) is 15.5. The van der Waals surface area contributed by atoms with Gasteiger partial charge in [-0.05, 0) is 61.9 Å². The Bertz CT molecular complexity index is 1230. The molecule has 1 amide bonds. The highest BCUT2D eigenvalue weighted by Gasteiger charge is 2.28. The number of carbonyl (C=O) groups is 2. The topological polar surface area (TPSA) is 97.1 Å². The molecular weight excluding hydrogens is 410 g/mol. The largest absolute Gasteiger partial charge is 0.507 e. The van der Waals surface area contributed by atoms with Gasteiger partial charge in [-0.1, -0.05) is 18.2 Å². The van der Waals surface area contributed by atoms with Crippen molar-refractivity contribution < 1.29 is 23.8 Å². The number of hydrogen-bond acceptors (Lipinski definition) is 6. The number of phenolic OH excluding ortho intramolecular Hbond substituents is 1. The summed E-state index contributed by atoms with van der Waals surface area (Å²) in [5.74, 6) is -0.943. The van der Waals surface area contributed by atoms with Gasteiger partial charge in [-0.25, -0.2) is 4.79 Å². The third-order valence-electron chi connectivity index (χ3n) is 5.68. The van der Waals surface area contributed by atoms with Crippen LogP contribution in [0.1, 0.15) is 47.7 Å². The lowest BCUT2D eigenvalue weighted by atomic mass is 9.98. The molecule has 0 saturated carbocycles. The Balaban J connectivity index is 1.72. The quantitative estimate of drug-likeness (QED) is 0.465. The molecule has 32 heavy (non-hydrogen) atoms. The molecule has 0 radical (unpaired) electrons. The molecule has 1 aliphatic heterocycles. The molecule has 1 aliphatic rings. The van der Waals surface area contributed by atoms with Gasteiger partial charge in [-0.15, -0.1) is 0 Å². The maximum Gasteiger partial charge on any atom is 0.336 e. The van der Waals surface area contributed by atoms with Crippen LogP contribution in [0.4, 0.5) is 5.69 Å². The number of aromatic hydroxyl groups is 1. The highest BCUT2D eigenvalue weighted by atomic mass is 16.5. The van der Waals surface area contributed by atoms with Crippen molar-refractivity contribution >= 4 is 28.5 Å². The van der Waals surface area contributed by atoms with Crippen LogP contribution in [0.15, 0.2) is 51.7 Å². The van der Waals surface area contributed by atoms with E-state index < -0.39 is 11.5 Å². The van der Waals surface area contributed by atoms with E-state index in [0.717, 1.165) is 24.1 Å². The number of anilines is 1. The fraction of sp³-hybridized carbons (Fsp3) is 0.320. The predicted octanol–water partition coefficient (Wildman–Crippen LogP) is 3.98. The molecule has 2 aromatic carbocycles. The van der Waals surface area contributed by atoms with Crippen molar-refractivity contribution in [3.05, 3.63) is 69.6 Å². The molecule has 166 valence electrons. The van der Waals surface area contributed by atoms with Crippen LogP contribution in [-0.4, -0.2) is 30.1 Å². The van der Waals surface area contributed by atoms with Crippen molar-refractivity contribution in [2.75, 3.05) is 18.1 Å². The molecule has 0 unspecified atom stereocenters. The summed E-state index contributed by atoms with van der Waals surface area (Å²) < 4.78 is 10.4. The molecule has 0 fully saturated rings. The van der Waals surface area contributed by atoms with Gasteiger partial charge in [0.05, 0.1) is 6.61 Å². The van der Waals surface area contributed by atoms with E-state index in [1.54, 1.807) is 17.9 Å². The minimum absolute atomic E-state index is 0.0245. The first-order valence-corrected chi connectivity index (χ1v) is 10.8. The Hall–Kier alpha value is -3.61. The van der Waals surface area contributed by atoms with Crippen molar-refractivity contribution in [2.24, 2.45) is 0 Å². The smallest absolute Gasteiger partial charge is 0.336 e. The molecule has 2 heterocycles. The number of hydrogen-bond donors (Lipinski definition) is 1. The standard InChI is InChI=1S/C25H25NO6/c1-2-31-21(28)11-5-8-17-15-22(29)32-24-18(17)12-13-20(27)23(24)25(30)26-14-6-9-16-7-3-4-10-19(16)26/h3-4,7,10,12-13,15,27H,2,5-6,8-9,11,14H2,1H3. The third-order valence-corrected chi connectivity index (χ3v) is 5.68. The van der Waals surface area contributed by atoms with Crippen LogP contribution in [0.25, 0.3) is 11.0 Å². The molecule has 1 aromatic heterocycles. The lowest BCUT2D eigenvalue weighted by Crippen LogP contribution is -2.35. The van der Waals surface area contributed by atoms with Crippen LogP contribution >= 0.6 is 0 Å². The number of fused-ring (bicyclic) bond motifs is 2. The number of nitrogens with zero attached hydrogens (tertiary/aromatic N) is 1. The minimum Gasteiger partial charge on any atom is -0.507 e. The van der Waals surface area contributed by atoms with Crippen molar-refractivity contribution in [2.45, 2.75) is 39.0 Å². The lowest BCUT2D eigenvalue weighted by molar-refractivity contribution is -0.143. The molecule has 7 nitrogen and oxygen atoms in total. The van der Waals surface area contributed by atoms with Crippen LogP contribution < -0.4 is 10.5 Å². The number of carbonyl (C=O) groups excluding carboxylic acids is 2. The zero-order chi connectivity index (χ0) is 22.7. The number of amides is 1. The maximum absolute atomic E-state index is 13.5. The van der Waals surface area contributed by atoms with E-state index in [9.17, 15) is 19.5 Å². The van der Waals surface area contributed by atoms with Gasteiger partial charge in [0.1, 0.15) is 11.3 Å². The van der Waals surface area contributed by atoms with Gasteiger partial charge in [0, 0.05) is 30.1 Å². The predicted molar refractivity (Wildman–Crippen MR) is 120 cm³/mol. The number of esters is 1. The van der Waals surface area contributed by atoms with Gasteiger partial charge < -0.3 is 19.2 Å². The molecule has 0 spiro atoms. The third kappa shape index (κ3) is 4.23. The van der Waals surface area contributed by atoms with Crippen LogP contribution in [-0.2, 0) is 22.4 Å². The first kappa shape index (κ1) is 21.6. The van der Waals surface area contributed by atoms with E-state index in [0.29, 0.717) is 36.9 Å². The fourth-order valence-electron chi connectivity index (χ4n) is 4.23. The summed E-state index contributed by atoms with van der Waals surface area (Å²) in [7, 11) is 0. The van der Waals surface area contributed by atoms with Crippen molar-refractivity contribution in [1.82, 2.24) is 0 Å². The van der Waals surface area contributed by atoms with Gasteiger partial charge in [-0.2, -0.15) is 0 Å². The number of aryl methyl sites for hydroxylation is 2. The van der Waals surface area contributed by atoms with E-state index in [1.165, 1.54) is 12.1 Å². The fourth-order valence-corrected chi connectivity index (χ4v) is 4.23. The van der Waals surface area contributed by atoms with E-state index in [4.69, 9.17) is 9.15 Å². The number of rotatable bonds is 6. The number of benzene rings is 2. The normalized spacial score (nSPS) is 13.1. The van der Waals surface area contributed by atoms with Crippen molar-refractivity contribution in [1.29, 1.82) is 0 Å². The summed E-state index contributed by atoms with van der Waals surface area (Å²) in [5.41, 5.74) is 1.96. The van der Waals surface area contributed by atoms with Crippen LogP contribution in [0.5, 0.6) is 5.75 Å². The Kier molecular flexibility index (Phi) is 6.25. The van der Waals surface area contributed by atoms with E-state index in [-0.39, 0.29) is 29.3 Å². The van der Waals surface area contributed by atoms with Gasteiger partial charge in [0.2, 0.25) is 0 Å². The SMILES string of the molecule is CCOC(=O)CCCc1cc(=O)oc2c(C(=O)N3CCCc4ccccc43)c(O)ccc12. The van der Waals surface area contributed by atoms with E-state index >= 15 is 0 Å². The minimum atomic E-state index is -0.609.